The van der Waals surface area contributed by atoms with Crippen molar-refractivity contribution in [3.63, 3.8) is 0 Å². The lowest BCUT2D eigenvalue weighted by Crippen LogP contribution is -2.03. The summed E-state index contributed by atoms with van der Waals surface area (Å²) in [7, 11) is 1.48. The maximum absolute atomic E-state index is 13.7. The highest BCUT2D eigenvalue weighted by Crippen LogP contribution is 2.32. The average Bonchev–Trinajstić information content (AvgIpc) is 3.12. The highest BCUT2D eigenvalue weighted by atomic mass is 19.1. The molecule has 136 valence electrons. The highest BCUT2D eigenvalue weighted by Gasteiger charge is 2.15. The molecule has 0 amide bonds. The summed E-state index contributed by atoms with van der Waals surface area (Å²) in [5.74, 6) is 0.522. The highest BCUT2D eigenvalue weighted by molar-refractivity contribution is 5.60. The van der Waals surface area contributed by atoms with Crippen LogP contribution in [0.1, 0.15) is 31.2 Å². The summed E-state index contributed by atoms with van der Waals surface area (Å²) in [5, 5.41) is 3.95. The van der Waals surface area contributed by atoms with Crippen molar-refractivity contribution >= 4 is 0 Å². The van der Waals surface area contributed by atoms with Gasteiger partial charge >= 0.3 is 0 Å². The lowest BCUT2D eigenvalue weighted by Gasteiger charge is -2.12. The van der Waals surface area contributed by atoms with Gasteiger partial charge in [0.2, 0.25) is 11.7 Å². The third kappa shape index (κ3) is 3.66. The van der Waals surface area contributed by atoms with Crippen LogP contribution >= 0.6 is 0 Å². The molecule has 26 heavy (non-hydrogen) atoms. The van der Waals surface area contributed by atoms with Crippen LogP contribution in [0.15, 0.2) is 40.9 Å². The fourth-order valence-electron chi connectivity index (χ4n) is 2.33. The molecule has 2 aromatic carbocycles. The molecule has 0 aliphatic carbocycles. The van der Waals surface area contributed by atoms with Crippen molar-refractivity contribution in [3.8, 4) is 22.9 Å². The van der Waals surface area contributed by atoms with Crippen LogP contribution in [0.3, 0.4) is 0 Å². The zero-order valence-electron chi connectivity index (χ0n) is 14.6. The fourth-order valence-corrected chi connectivity index (χ4v) is 2.33. The molecule has 5 nitrogen and oxygen atoms in total. The van der Waals surface area contributed by atoms with Crippen LogP contribution in [0.25, 0.3) is 11.4 Å². The Bertz CT molecular complexity index is 889. The second-order valence-corrected chi connectivity index (χ2v) is 5.97. The van der Waals surface area contributed by atoms with E-state index >= 15 is 0 Å². The number of aromatic nitrogens is 2. The van der Waals surface area contributed by atoms with E-state index < -0.39 is 11.6 Å². The van der Waals surface area contributed by atoms with Gasteiger partial charge in [0.25, 0.3) is 0 Å². The van der Waals surface area contributed by atoms with E-state index in [1.165, 1.54) is 25.3 Å². The van der Waals surface area contributed by atoms with E-state index in [0.717, 1.165) is 0 Å². The number of rotatable bonds is 6. The van der Waals surface area contributed by atoms with Crippen molar-refractivity contribution < 1.29 is 22.8 Å². The Morgan fingerprint density at radius 1 is 1.08 bits per heavy atom. The predicted molar refractivity (Wildman–Crippen MR) is 91.1 cm³/mol. The Hall–Kier alpha value is -2.96. The zero-order valence-corrected chi connectivity index (χ0v) is 14.6. The normalized spacial score (nSPS) is 11.0. The molecule has 3 aromatic rings. The molecular formula is C19H18F2N2O3. The number of benzene rings is 2. The lowest BCUT2D eigenvalue weighted by molar-refractivity contribution is 0.274. The maximum atomic E-state index is 13.7. The van der Waals surface area contributed by atoms with Crippen LogP contribution < -0.4 is 9.47 Å². The van der Waals surface area contributed by atoms with Crippen LogP contribution in [-0.4, -0.2) is 17.3 Å². The summed E-state index contributed by atoms with van der Waals surface area (Å²) in [4.78, 5) is 4.33. The second kappa shape index (κ2) is 7.51. The standard InChI is InChI=1S/C19H18F2N2O3/c1-11(2)19-22-18(23-26-19)12-7-8-16(17(9-12)24-3)25-10-13-14(20)5-4-6-15(13)21/h4-9,11H,10H2,1-3H3. The number of hydrogen-bond acceptors (Lipinski definition) is 5. The summed E-state index contributed by atoms with van der Waals surface area (Å²) in [6, 6.07) is 8.72. The van der Waals surface area contributed by atoms with Gasteiger partial charge in [-0.25, -0.2) is 8.78 Å². The molecular weight excluding hydrogens is 342 g/mol. The number of methoxy groups -OCH3 is 1. The number of nitrogens with zero attached hydrogens (tertiary/aromatic N) is 2. The summed E-state index contributed by atoms with van der Waals surface area (Å²) >= 11 is 0. The summed E-state index contributed by atoms with van der Waals surface area (Å²) in [6.45, 7) is 3.65. The Kier molecular flexibility index (Phi) is 5.16. The van der Waals surface area contributed by atoms with E-state index in [4.69, 9.17) is 14.0 Å². The fraction of sp³-hybridized carbons (Fsp3) is 0.263. The van der Waals surface area contributed by atoms with Gasteiger partial charge in [-0.15, -0.1) is 0 Å². The van der Waals surface area contributed by atoms with Gasteiger partial charge < -0.3 is 14.0 Å². The van der Waals surface area contributed by atoms with Gasteiger partial charge in [-0.2, -0.15) is 4.98 Å². The number of hydrogen-bond donors (Lipinski definition) is 0. The van der Waals surface area contributed by atoms with E-state index in [1.54, 1.807) is 18.2 Å². The van der Waals surface area contributed by atoms with Crippen LogP contribution in [-0.2, 0) is 6.61 Å². The zero-order chi connectivity index (χ0) is 18.7. The maximum Gasteiger partial charge on any atom is 0.229 e. The van der Waals surface area contributed by atoms with Crippen molar-refractivity contribution in [3.05, 3.63) is 59.5 Å². The summed E-state index contributed by atoms with van der Waals surface area (Å²) in [5.41, 5.74) is 0.542. The molecule has 0 spiro atoms. The Balaban J connectivity index is 1.82. The average molecular weight is 360 g/mol. The van der Waals surface area contributed by atoms with E-state index in [1.807, 2.05) is 13.8 Å². The van der Waals surface area contributed by atoms with E-state index in [2.05, 4.69) is 10.1 Å². The van der Waals surface area contributed by atoms with E-state index in [0.29, 0.717) is 28.8 Å². The molecule has 0 aliphatic rings. The first kappa shape index (κ1) is 17.8. The summed E-state index contributed by atoms with van der Waals surface area (Å²) < 4.78 is 43.5. The van der Waals surface area contributed by atoms with Gasteiger partial charge in [-0.05, 0) is 30.3 Å². The number of halogens is 2. The lowest BCUT2D eigenvalue weighted by atomic mass is 10.2. The molecule has 0 bridgehead atoms. The largest absolute Gasteiger partial charge is 0.493 e. The molecule has 7 heteroatoms. The minimum atomic E-state index is -0.659. The van der Waals surface area contributed by atoms with Gasteiger partial charge in [0.15, 0.2) is 11.5 Å². The third-order valence-electron chi connectivity index (χ3n) is 3.79. The monoisotopic (exact) mass is 360 g/mol. The molecule has 0 unspecified atom stereocenters. The molecule has 3 rings (SSSR count). The quantitative estimate of drug-likeness (QED) is 0.636. The van der Waals surface area contributed by atoms with Crippen LogP contribution in [0.4, 0.5) is 8.78 Å². The van der Waals surface area contributed by atoms with Crippen molar-refractivity contribution in [1.29, 1.82) is 0 Å². The number of ether oxygens (including phenoxy) is 2. The van der Waals surface area contributed by atoms with Crippen LogP contribution in [0.2, 0.25) is 0 Å². The van der Waals surface area contributed by atoms with Gasteiger partial charge in [0.1, 0.15) is 18.2 Å². The summed E-state index contributed by atoms with van der Waals surface area (Å²) in [6.07, 6.45) is 0. The van der Waals surface area contributed by atoms with Crippen molar-refractivity contribution in [2.45, 2.75) is 26.4 Å². The SMILES string of the molecule is COc1cc(-c2noc(C(C)C)n2)ccc1OCc1c(F)cccc1F. The first-order chi connectivity index (χ1) is 12.5. The molecule has 0 saturated carbocycles. The molecule has 0 N–H and O–H groups in total. The Morgan fingerprint density at radius 3 is 2.42 bits per heavy atom. The van der Waals surface area contributed by atoms with E-state index in [-0.39, 0.29) is 18.1 Å². The molecule has 1 heterocycles. The van der Waals surface area contributed by atoms with Gasteiger partial charge in [-0.3, -0.25) is 0 Å². The molecule has 0 saturated heterocycles. The first-order valence-corrected chi connectivity index (χ1v) is 8.07. The van der Waals surface area contributed by atoms with Crippen LogP contribution in [0, 0.1) is 11.6 Å². The van der Waals surface area contributed by atoms with Crippen molar-refractivity contribution in [1.82, 2.24) is 10.1 Å². The predicted octanol–water partition coefficient (Wildman–Crippen LogP) is 4.73. The molecule has 0 aliphatic heterocycles. The topological polar surface area (TPSA) is 57.4 Å². The van der Waals surface area contributed by atoms with E-state index in [9.17, 15) is 8.78 Å². The van der Waals surface area contributed by atoms with Gasteiger partial charge in [0, 0.05) is 11.5 Å². The van der Waals surface area contributed by atoms with Gasteiger partial charge in [-0.1, -0.05) is 25.1 Å². The third-order valence-corrected chi connectivity index (χ3v) is 3.79. The molecule has 0 radical (unpaired) electrons. The first-order valence-electron chi connectivity index (χ1n) is 8.07. The van der Waals surface area contributed by atoms with Gasteiger partial charge in [0.05, 0.1) is 12.7 Å². The van der Waals surface area contributed by atoms with Crippen molar-refractivity contribution in [2.75, 3.05) is 7.11 Å². The Morgan fingerprint density at radius 2 is 1.81 bits per heavy atom. The van der Waals surface area contributed by atoms with Crippen LogP contribution in [0.5, 0.6) is 11.5 Å². The Labute approximate surface area is 149 Å². The minimum Gasteiger partial charge on any atom is -0.493 e. The molecule has 0 atom stereocenters. The molecule has 1 aromatic heterocycles. The minimum absolute atomic E-state index is 0.122. The smallest absolute Gasteiger partial charge is 0.229 e. The molecule has 0 fully saturated rings. The second-order valence-electron chi connectivity index (χ2n) is 5.97. The van der Waals surface area contributed by atoms with Crippen molar-refractivity contribution in [2.24, 2.45) is 0 Å².